The molecule has 1 saturated heterocycles. The number of amides is 1. The fourth-order valence-electron chi connectivity index (χ4n) is 3.39. The van der Waals surface area contributed by atoms with Crippen molar-refractivity contribution < 1.29 is 22.4 Å². The second-order valence-electron chi connectivity index (χ2n) is 7.29. The van der Waals surface area contributed by atoms with Gasteiger partial charge in [-0.2, -0.15) is 13.2 Å². The van der Waals surface area contributed by atoms with E-state index in [2.05, 4.69) is 25.8 Å². The van der Waals surface area contributed by atoms with Gasteiger partial charge in [0.05, 0.1) is 11.8 Å². The van der Waals surface area contributed by atoms with E-state index < -0.39 is 11.7 Å². The van der Waals surface area contributed by atoms with Crippen LogP contribution in [0.1, 0.15) is 28.1 Å². The summed E-state index contributed by atoms with van der Waals surface area (Å²) in [7, 11) is 1.67. The lowest BCUT2D eigenvalue weighted by molar-refractivity contribution is -0.137. The Balaban J connectivity index is 0.00000363. The predicted octanol–water partition coefficient (Wildman–Crippen LogP) is 3.09. The van der Waals surface area contributed by atoms with Gasteiger partial charge in [-0.05, 0) is 36.2 Å². The molecule has 1 atom stereocenters. The number of likely N-dealkylation sites (tertiary alicyclic amines) is 1. The number of nitrogens with zero attached hydrogens (tertiary/aromatic N) is 2. The van der Waals surface area contributed by atoms with E-state index in [0.717, 1.165) is 37.2 Å². The summed E-state index contributed by atoms with van der Waals surface area (Å²) >= 11 is 0. The van der Waals surface area contributed by atoms with Crippen LogP contribution in [0.4, 0.5) is 13.2 Å². The van der Waals surface area contributed by atoms with Crippen molar-refractivity contribution in [2.24, 2.45) is 4.99 Å². The molecule has 1 aromatic carbocycles. The molecule has 3 rings (SSSR count). The Morgan fingerprint density at radius 3 is 2.53 bits per heavy atom. The summed E-state index contributed by atoms with van der Waals surface area (Å²) in [6, 6.07) is 8.73. The van der Waals surface area contributed by atoms with E-state index in [9.17, 15) is 18.0 Å². The van der Waals surface area contributed by atoms with Crippen molar-refractivity contribution in [1.29, 1.82) is 0 Å². The van der Waals surface area contributed by atoms with Crippen molar-refractivity contribution in [2.45, 2.75) is 25.2 Å². The van der Waals surface area contributed by atoms with Gasteiger partial charge in [0, 0.05) is 45.8 Å². The number of guanidine groups is 1. The van der Waals surface area contributed by atoms with E-state index in [1.165, 1.54) is 18.4 Å². The number of rotatable bonds is 7. The Morgan fingerprint density at radius 1 is 1.19 bits per heavy atom. The molecular formula is C21H27F3IN5O2. The monoisotopic (exact) mass is 565 g/mol. The molecule has 0 aliphatic carbocycles. The van der Waals surface area contributed by atoms with E-state index in [1.807, 2.05) is 0 Å². The second-order valence-corrected chi connectivity index (χ2v) is 7.29. The van der Waals surface area contributed by atoms with E-state index >= 15 is 0 Å². The molecule has 0 spiro atoms. The molecule has 0 bridgehead atoms. The number of carbonyl (C=O) groups excluding carboxylic acids is 1. The van der Waals surface area contributed by atoms with Crippen LogP contribution in [0.5, 0.6) is 0 Å². The van der Waals surface area contributed by atoms with Crippen LogP contribution in [0.2, 0.25) is 0 Å². The van der Waals surface area contributed by atoms with Crippen molar-refractivity contribution in [3.05, 3.63) is 59.5 Å². The SMILES string of the molecule is CN=C(NCCNC(=O)c1ccco1)NC1CCN(Cc2ccc(C(F)(F)F)cc2)C1.I. The Hall–Kier alpha value is -2.28. The lowest BCUT2D eigenvalue weighted by atomic mass is 10.1. The van der Waals surface area contributed by atoms with Gasteiger partial charge in [-0.25, -0.2) is 0 Å². The molecule has 2 heterocycles. The van der Waals surface area contributed by atoms with Gasteiger partial charge in [-0.1, -0.05) is 12.1 Å². The molecule has 1 fully saturated rings. The number of alkyl halides is 3. The summed E-state index contributed by atoms with van der Waals surface area (Å²) in [6.07, 6.45) is -1.97. The fourth-order valence-corrected chi connectivity index (χ4v) is 3.39. The first-order valence-corrected chi connectivity index (χ1v) is 10.0. The van der Waals surface area contributed by atoms with E-state index in [1.54, 1.807) is 19.2 Å². The molecule has 11 heteroatoms. The standard InChI is InChI=1S/C21H26F3N5O2.HI/c1-25-20(27-10-9-26-19(30)18-3-2-12-31-18)28-17-8-11-29(14-17)13-15-4-6-16(7-5-15)21(22,23)24;/h2-7,12,17H,8-11,13-14H2,1H3,(H,26,30)(H2,25,27,28);1H. The largest absolute Gasteiger partial charge is 0.459 e. The topological polar surface area (TPSA) is 81.9 Å². The molecule has 1 aliphatic rings. The zero-order chi connectivity index (χ0) is 22.3. The third-order valence-electron chi connectivity index (χ3n) is 4.97. The van der Waals surface area contributed by atoms with Crippen LogP contribution in [0.25, 0.3) is 0 Å². The number of hydrogen-bond donors (Lipinski definition) is 3. The first-order valence-electron chi connectivity index (χ1n) is 10.0. The normalized spacial score (nSPS) is 17.0. The Morgan fingerprint density at radius 2 is 1.91 bits per heavy atom. The summed E-state index contributed by atoms with van der Waals surface area (Å²) in [4.78, 5) is 18.2. The number of benzene rings is 1. The zero-order valence-corrected chi connectivity index (χ0v) is 19.9. The molecule has 1 aromatic heterocycles. The van der Waals surface area contributed by atoms with Crippen LogP contribution in [0, 0.1) is 0 Å². The average Bonchev–Trinajstić information content (AvgIpc) is 3.42. The van der Waals surface area contributed by atoms with Crippen LogP contribution in [-0.4, -0.2) is 56.0 Å². The molecule has 1 unspecified atom stereocenters. The second kappa shape index (κ2) is 12.1. The van der Waals surface area contributed by atoms with Gasteiger partial charge in [0.15, 0.2) is 11.7 Å². The highest BCUT2D eigenvalue weighted by Crippen LogP contribution is 2.29. The Labute approximate surface area is 201 Å². The summed E-state index contributed by atoms with van der Waals surface area (Å²) in [5, 5.41) is 9.24. The van der Waals surface area contributed by atoms with Gasteiger partial charge >= 0.3 is 6.18 Å². The first kappa shape index (κ1) is 26.0. The minimum atomic E-state index is -4.31. The molecule has 176 valence electrons. The van der Waals surface area contributed by atoms with Crippen molar-refractivity contribution in [3.8, 4) is 0 Å². The minimum absolute atomic E-state index is 0. The maximum absolute atomic E-state index is 12.7. The number of furan rings is 1. The summed E-state index contributed by atoms with van der Waals surface area (Å²) in [5.74, 6) is 0.625. The quantitative estimate of drug-likeness (QED) is 0.208. The van der Waals surface area contributed by atoms with Crippen LogP contribution < -0.4 is 16.0 Å². The number of halogens is 4. The smallest absolute Gasteiger partial charge is 0.416 e. The maximum Gasteiger partial charge on any atom is 0.416 e. The Bertz CT molecular complexity index is 873. The highest BCUT2D eigenvalue weighted by molar-refractivity contribution is 14.0. The van der Waals surface area contributed by atoms with Crippen molar-refractivity contribution in [1.82, 2.24) is 20.9 Å². The van der Waals surface area contributed by atoms with Gasteiger partial charge in [-0.15, -0.1) is 24.0 Å². The summed E-state index contributed by atoms with van der Waals surface area (Å²) in [6.45, 7) is 3.10. The van der Waals surface area contributed by atoms with Crippen molar-refractivity contribution in [3.63, 3.8) is 0 Å². The van der Waals surface area contributed by atoms with Gasteiger partial charge in [0.25, 0.3) is 5.91 Å². The van der Waals surface area contributed by atoms with Gasteiger partial charge < -0.3 is 20.4 Å². The molecule has 1 amide bonds. The lowest BCUT2D eigenvalue weighted by Crippen LogP contribution is -2.46. The first-order chi connectivity index (χ1) is 14.8. The maximum atomic E-state index is 12.7. The number of nitrogens with one attached hydrogen (secondary N) is 3. The van der Waals surface area contributed by atoms with E-state index in [4.69, 9.17) is 4.42 Å². The van der Waals surface area contributed by atoms with E-state index in [-0.39, 0.29) is 41.7 Å². The zero-order valence-electron chi connectivity index (χ0n) is 17.6. The van der Waals surface area contributed by atoms with Crippen molar-refractivity contribution in [2.75, 3.05) is 33.2 Å². The number of hydrogen-bond acceptors (Lipinski definition) is 4. The van der Waals surface area contributed by atoms with Crippen LogP contribution >= 0.6 is 24.0 Å². The molecule has 0 radical (unpaired) electrons. The van der Waals surface area contributed by atoms with Crippen LogP contribution in [0.15, 0.2) is 52.1 Å². The number of carbonyl (C=O) groups is 1. The molecule has 3 N–H and O–H groups in total. The number of aliphatic imine (C=N–C) groups is 1. The third kappa shape index (κ3) is 7.69. The molecule has 32 heavy (non-hydrogen) atoms. The summed E-state index contributed by atoms with van der Waals surface area (Å²) < 4.78 is 43.1. The van der Waals surface area contributed by atoms with Crippen LogP contribution in [0.3, 0.4) is 0 Å². The highest BCUT2D eigenvalue weighted by Gasteiger charge is 2.30. The predicted molar refractivity (Wildman–Crippen MR) is 126 cm³/mol. The highest BCUT2D eigenvalue weighted by atomic mass is 127. The van der Waals surface area contributed by atoms with Crippen molar-refractivity contribution >= 4 is 35.8 Å². The molecule has 0 saturated carbocycles. The molecule has 2 aromatic rings. The van der Waals surface area contributed by atoms with Crippen LogP contribution in [-0.2, 0) is 12.7 Å². The van der Waals surface area contributed by atoms with Gasteiger partial charge in [0.1, 0.15) is 0 Å². The lowest BCUT2D eigenvalue weighted by Gasteiger charge is -2.19. The molecule has 1 aliphatic heterocycles. The van der Waals surface area contributed by atoms with Gasteiger partial charge in [0.2, 0.25) is 0 Å². The van der Waals surface area contributed by atoms with E-state index in [0.29, 0.717) is 25.6 Å². The Kier molecular flexibility index (Phi) is 9.82. The minimum Gasteiger partial charge on any atom is -0.459 e. The van der Waals surface area contributed by atoms with Gasteiger partial charge in [-0.3, -0.25) is 14.7 Å². The average molecular weight is 565 g/mol. The third-order valence-corrected chi connectivity index (χ3v) is 4.97. The fraction of sp³-hybridized carbons (Fsp3) is 0.429. The molecule has 7 nitrogen and oxygen atoms in total. The summed E-state index contributed by atoms with van der Waals surface area (Å²) in [5.41, 5.74) is 0.218. The molecular weight excluding hydrogens is 538 g/mol.